The minimum Gasteiger partial charge on any atom is -0.472 e. The Bertz CT molecular complexity index is 1130. The van der Waals surface area contributed by atoms with Crippen LogP contribution in [0.2, 0.25) is 0 Å². The highest BCUT2D eigenvalue weighted by molar-refractivity contribution is 5.99. The van der Waals surface area contributed by atoms with E-state index in [1.807, 2.05) is 42.1 Å². The van der Waals surface area contributed by atoms with Crippen molar-refractivity contribution in [2.45, 2.75) is 38.8 Å². The Balaban J connectivity index is 1.43. The van der Waals surface area contributed by atoms with Gasteiger partial charge in [-0.25, -0.2) is 4.68 Å². The van der Waals surface area contributed by atoms with Crippen LogP contribution in [0.3, 0.4) is 0 Å². The minimum atomic E-state index is -0.600. The number of benzene rings is 2. The summed E-state index contributed by atoms with van der Waals surface area (Å²) in [5, 5.41) is 14.7. The number of hydrogen-bond donors (Lipinski definition) is 1. The number of fused-ring (bicyclic) bond motifs is 1. The number of carbonyl (C=O) groups is 1. The summed E-state index contributed by atoms with van der Waals surface area (Å²) in [7, 11) is 0. The summed E-state index contributed by atoms with van der Waals surface area (Å²) in [5.74, 6) is 0.534. The van der Waals surface area contributed by atoms with E-state index in [9.17, 15) is 9.90 Å². The zero-order valence-corrected chi connectivity index (χ0v) is 18.3. The predicted octanol–water partition coefficient (Wildman–Crippen LogP) is 3.02. The molecule has 1 amide bonds. The van der Waals surface area contributed by atoms with E-state index in [-0.39, 0.29) is 18.7 Å². The van der Waals surface area contributed by atoms with Gasteiger partial charge in [-0.3, -0.25) is 9.69 Å². The fraction of sp³-hybridized carbons (Fsp3) is 0.360. The molecule has 0 bridgehead atoms. The second-order valence-electron chi connectivity index (χ2n) is 8.50. The van der Waals surface area contributed by atoms with Gasteiger partial charge in [0.05, 0.1) is 30.0 Å². The lowest BCUT2D eigenvalue weighted by atomic mass is 9.92. The number of amides is 1. The Morgan fingerprint density at radius 1 is 1.19 bits per heavy atom. The molecule has 5 rings (SSSR count). The Morgan fingerprint density at radius 2 is 2.00 bits per heavy atom. The zero-order chi connectivity index (χ0) is 22.2. The third kappa shape index (κ3) is 3.67. The number of rotatable bonds is 4. The van der Waals surface area contributed by atoms with E-state index < -0.39 is 6.10 Å². The molecule has 32 heavy (non-hydrogen) atoms. The van der Waals surface area contributed by atoms with Crippen LogP contribution in [0.15, 0.2) is 48.8 Å². The quantitative estimate of drug-likeness (QED) is 0.685. The molecular weight excluding hydrogens is 406 g/mol. The number of ether oxygens (including phenoxy) is 2. The van der Waals surface area contributed by atoms with Crippen LogP contribution in [0.25, 0.3) is 5.69 Å². The van der Waals surface area contributed by atoms with Gasteiger partial charge in [-0.2, -0.15) is 5.10 Å². The minimum absolute atomic E-state index is 0.112. The first-order chi connectivity index (χ1) is 15.5. The van der Waals surface area contributed by atoms with Crippen molar-refractivity contribution in [2.24, 2.45) is 0 Å². The molecule has 2 aliphatic rings. The fourth-order valence-electron chi connectivity index (χ4n) is 4.50. The second kappa shape index (κ2) is 8.41. The molecule has 3 heterocycles. The number of carbonyl (C=O) groups excluding carboxylic acids is 1. The van der Waals surface area contributed by atoms with Crippen molar-refractivity contribution in [3.63, 3.8) is 0 Å². The van der Waals surface area contributed by atoms with Crippen molar-refractivity contribution in [3.8, 4) is 11.4 Å². The summed E-state index contributed by atoms with van der Waals surface area (Å²) in [4.78, 5) is 15.0. The maximum atomic E-state index is 13.4. The van der Waals surface area contributed by atoms with Crippen LogP contribution in [0.1, 0.15) is 39.0 Å². The highest BCUT2D eigenvalue weighted by Crippen LogP contribution is 2.35. The summed E-state index contributed by atoms with van der Waals surface area (Å²) in [6, 6.07) is 11.7. The van der Waals surface area contributed by atoms with Crippen molar-refractivity contribution >= 4 is 5.91 Å². The molecular formula is C25H27N3O4. The topological polar surface area (TPSA) is 76.8 Å². The van der Waals surface area contributed by atoms with E-state index in [1.54, 1.807) is 11.1 Å². The average Bonchev–Trinajstić information content (AvgIpc) is 3.34. The molecule has 2 aliphatic heterocycles. The van der Waals surface area contributed by atoms with E-state index in [0.29, 0.717) is 37.4 Å². The molecule has 2 atom stereocenters. The Kier molecular flexibility index (Phi) is 5.45. The van der Waals surface area contributed by atoms with E-state index in [1.165, 1.54) is 0 Å². The van der Waals surface area contributed by atoms with Crippen molar-refractivity contribution in [1.82, 2.24) is 14.7 Å². The SMILES string of the molecule is Cc1c(Cc2ccc(-n3cccn3)cc2)cc2c(c1C)OCN([C@H]1COCC[C@@H]1O)C2=O. The third-order valence-corrected chi connectivity index (χ3v) is 6.58. The molecule has 3 aromatic rings. The molecule has 1 aromatic heterocycles. The smallest absolute Gasteiger partial charge is 0.260 e. The Morgan fingerprint density at radius 3 is 2.72 bits per heavy atom. The molecule has 0 unspecified atom stereocenters. The standard InChI is InChI=1S/C25H27N3O4/c1-16-17(2)24-21(25(30)27(15-32-24)22-14-31-11-8-23(22)29)13-19(16)12-18-4-6-20(7-5-18)28-10-3-9-26-28/h3-7,9-10,13,22-23,29H,8,11-12,14-15H2,1-2H3/t22-,23-/m0/s1. The second-order valence-corrected chi connectivity index (χ2v) is 8.50. The first-order valence-corrected chi connectivity index (χ1v) is 10.9. The molecule has 166 valence electrons. The summed E-state index contributed by atoms with van der Waals surface area (Å²) in [6.07, 6.45) is 4.30. The molecule has 0 saturated carbocycles. The van der Waals surface area contributed by atoms with Gasteiger partial charge in [-0.1, -0.05) is 12.1 Å². The molecule has 1 saturated heterocycles. The van der Waals surface area contributed by atoms with Gasteiger partial charge >= 0.3 is 0 Å². The lowest BCUT2D eigenvalue weighted by molar-refractivity contribution is -0.0697. The number of hydrogen-bond acceptors (Lipinski definition) is 5. The Hall–Kier alpha value is -3.16. The maximum Gasteiger partial charge on any atom is 0.260 e. The lowest BCUT2D eigenvalue weighted by Crippen LogP contribution is -2.55. The normalized spacial score (nSPS) is 20.7. The van der Waals surface area contributed by atoms with Crippen LogP contribution >= 0.6 is 0 Å². The van der Waals surface area contributed by atoms with Gasteiger partial charge < -0.3 is 14.6 Å². The summed E-state index contributed by atoms with van der Waals surface area (Å²) in [5.41, 5.74) is 5.92. The fourth-order valence-corrected chi connectivity index (χ4v) is 4.50. The van der Waals surface area contributed by atoms with Crippen molar-refractivity contribution in [3.05, 3.63) is 76.6 Å². The first kappa shape index (κ1) is 20.7. The lowest BCUT2D eigenvalue weighted by Gasteiger charge is -2.40. The van der Waals surface area contributed by atoms with E-state index >= 15 is 0 Å². The van der Waals surface area contributed by atoms with Gasteiger partial charge in [-0.15, -0.1) is 0 Å². The number of aromatic nitrogens is 2. The molecule has 7 heteroatoms. The predicted molar refractivity (Wildman–Crippen MR) is 119 cm³/mol. The largest absolute Gasteiger partial charge is 0.472 e. The highest BCUT2D eigenvalue weighted by Gasteiger charge is 2.37. The van der Waals surface area contributed by atoms with Crippen LogP contribution in [0.5, 0.6) is 5.75 Å². The van der Waals surface area contributed by atoms with Crippen molar-refractivity contribution < 1.29 is 19.4 Å². The molecule has 2 aromatic carbocycles. The van der Waals surface area contributed by atoms with E-state index in [2.05, 4.69) is 24.2 Å². The van der Waals surface area contributed by atoms with E-state index in [0.717, 1.165) is 27.9 Å². The van der Waals surface area contributed by atoms with Crippen LogP contribution in [0.4, 0.5) is 0 Å². The summed E-state index contributed by atoms with van der Waals surface area (Å²) < 4.78 is 13.3. The molecule has 7 nitrogen and oxygen atoms in total. The van der Waals surface area contributed by atoms with Crippen LogP contribution in [-0.2, 0) is 11.2 Å². The first-order valence-electron chi connectivity index (χ1n) is 10.9. The number of nitrogens with zero attached hydrogens (tertiary/aromatic N) is 3. The third-order valence-electron chi connectivity index (χ3n) is 6.58. The molecule has 0 aliphatic carbocycles. The summed E-state index contributed by atoms with van der Waals surface area (Å²) >= 11 is 0. The van der Waals surface area contributed by atoms with Gasteiger partial charge in [0.15, 0.2) is 6.73 Å². The van der Waals surface area contributed by atoms with Gasteiger partial charge in [0.1, 0.15) is 5.75 Å². The Labute approximate surface area is 187 Å². The maximum absolute atomic E-state index is 13.4. The van der Waals surface area contributed by atoms with Gasteiger partial charge in [0.25, 0.3) is 5.91 Å². The molecule has 1 N–H and O–H groups in total. The molecule has 1 fully saturated rings. The molecule has 0 radical (unpaired) electrons. The number of aliphatic hydroxyl groups excluding tert-OH is 1. The average molecular weight is 434 g/mol. The van der Waals surface area contributed by atoms with Gasteiger partial charge in [0.2, 0.25) is 0 Å². The van der Waals surface area contributed by atoms with Crippen LogP contribution < -0.4 is 4.74 Å². The monoisotopic (exact) mass is 433 g/mol. The van der Waals surface area contributed by atoms with Gasteiger partial charge in [0, 0.05) is 19.0 Å². The van der Waals surface area contributed by atoms with Crippen LogP contribution in [-0.4, -0.2) is 57.8 Å². The number of aliphatic hydroxyl groups is 1. The highest BCUT2D eigenvalue weighted by atomic mass is 16.5. The van der Waals surface area contributed by atoms with E-state index in [4.69, 9.17) is 9.47 Å². The van der Waals surface area contributed by atoms with Crippen molar-refractivity contribution in [1.29, 1.82) is 0 Å². The van der Waals surface area contributed by atoms with Gasteiger partial charge in [-0.05, 0) is 73.2 Å². The zero-order valence-electron chi connectivity index (χ0n) is 18.3. The van der Waals surface area contributed by atoms with Crippen molar-refractivity contribution in [2.75, 3.05) is 19.9 Å². The van der Waals surface area contributed by atoms with Crippen LogP contribution in [0, 0.1) is 13.8 Å². The molecule has 0 spiro atoms. The summed E-state index contributed by atoms with van der Waals surface area (Å²) in [6.45, 7) is 5.04.